The van der Waals surface area contributed by atoms with Crippen molar-refractivity contribution in [2.45, 2.75) is 26.8 Å². The lowest BCUT2D eigenvalue weighted by Gasteiger charge is -2.04. The predicted molar refractivity (Wildman–Crippen MR) is 89.2 cm³/mol. The summed E-state index contributed by atoms with van der Waals surface area (Å²) in [7, 11) is 0. The Morgan fingerprint density at radius 3 is 2.83 bits per heavy atom. The molecule has 0 aliphatic rings. The van der Waals surface area contributed by atoms with E-state index in [0.717, 1.165) is 22.2 Å². The Bertz CT molecular complexity index is 1020. The summed E-state index contributed by atoms with van der Waals surface area (Å²) < 4.78 is 7.26. The quantitative estimate of drug-likeness (QED) is 0.575. The molecule has 7 heteroatoms. The lowest BCUT2D eigenvalue weighted by molar-refractivity contribution is 0.430. The molecule has 1 aromatic carbocycles. The molecule has 0 spiro atoms. The van der Waals surface area contributed by atoms with Crippen LogP contribution in [0, 0.1) is 6.92 Å². The first-order valence-electron chi connectivity index (χ1n) is 7.74. The van der Waals surface area contributed by atoms with Gasteiger partial charge in [-0.25, -0.2) is 4.68 Å². The van der Waals surface area contributed by atoms with E-state index >= 15 is 0 Å². The zero-order valence-corrected chi connectivity index (χ0v) is 13.6. The van der Waals surface area contributed by atoms with Crippen LogP contribution in [-0.4, -0.2) is 30.1 Å². The molecule has 0 amide bonds. The van der Waals surface area contributed by atoms with Crippen molar-refractivity contribution in [3.8, 4) is 23.0 Å². The number of fused-ring (bicyclic) bond motifs is 1. The number of hydrogen-bond donors (Lipinski definition) is 0. The Labute approximate surface area is 138 Å². The fourth-order valence-corrected chi connectivity index (χ4v) is 2.61. The molecule has 4 rings (SSSR count). The lowest BCUT2D eigenvalue weighted by Crippen LogP contribution is -2.02. The Morgan fingerprint density at radius 1 is 1.17 bits per heavy atom. The second kappa shape index (κ2) is 5.52. The maximum absolute atomic E-state index is 5.38. The zero-order valence-electron chi connectivity index (χ0n) is 13.6. The van der Waals surface area contributed by atoms with Gasteiger partial charge in [-0.2, -0.15) is 4.98 Å². The van der Waals surface area contributed by atoms with Gasteiger partial charge in [0.1, 0.15) is 11.2 Å². The van der Waals surface area contributed by atoms with Crippen LogP contribution in [0.5, 0.6) is 0 Å². The summed E-state index contributed by atoms with van der Waals surface area (Å²) in [5.74, 6) is 0.921. The molecule has 7 nitrogen and oxygen atoms in total. The monoisotopic (exact) mass is 320 g/mol. The van der Waals surface area contributed by atoms with Gasteiger partial charge in [-0.15, -0.1) is 5.10 Å². The van der Waals surface area contributed by atoms with Gasteiger partial charge >= 0.3 is 0 Å². The van der Waals surface area contributed by atoms with Gasteiger partial charge in [-0.1, -0.05) is 16.4 Å². The minimum atomic E-state index is 0.254. The topological polar surface area (TPSA) is 82.5 Å². The lowest BCUT2D eigenvalue weighted by atomic mass is 10.2. The standard InChI is InChI=1S/C17H16N6O/c1-10(2)23-14-7-6-12(9-13(14)20-22-23)16-19-17(24-21-16)15-11(3)5-4-8-18-15/h4-10H,1-3H3. The second-order valence-corrected chi connectivity index (χ2v) is 5.92. The van der Waals surface area contributed by atoms with E-state index in [1.807, 2.05) is 41.9 Å². The molecule has 0 atom stereocenters. The maximum Gasteiger partial charge on any atom is 0.277 e. The molecule has 0 aliphatic heterocycles. The van der Waals surface area contributed by atoms with E-state index < -0.39 is 0 Å². The van der Waals surface area contributed by atoms with Crippen LogP contribution in [0.15, 0.2) is 41.1 Å². The van der Waals surface area contributed by atoms with E-state index in [4.69, 9.17) is 4.52 Å². The molecular formula is C17H16N6O. The number of rotatable bonds is 3. The van der Waals surface area contributed by atoms with Crippen LogP contribution in [0.3, 0.4) is 0 Å². The van der Waals surface area contributed by atoms with Crippen molar-refractivity contribution in [1.29, 1.82) is 0 Å². The number of nitrogens with zero attached hydrogens (tertiary/aromatic N) is 6. The Morgan fingerprint density at radius 2 is 2.04 bits per heavy atom. The van der Waals surface area contributed by atoms with E-state index in [9.17, 15) is 0 Å². The highest BCUT2D eigenvalue weighted by Gasteiger charge is 2.15. The van der Waals surface area contributed by atoms with Gasteiger partial charge in [-0.3, -0.25) is 4.98 Å². The Kier molecular flexibility index (Phi) is 3.34. The molecule has 3 heterocycles. The number of aryl methyl sites for hydroxylation is 1. The van der Waals surface area contributed by atoms with Crippen LogP contribution in [0.25, 0.3) is 34.0 Å². The molecule has 3 aromatic heterocycles. The molecule has 0 fully saturated rings. The van der Waals surface area contributed by atoms with Gasteiger partial charge in [0.25, 0.3) is 5.89 Å². The predicted octanol–water partition coefficient (Wildman–Crippen LogP) is 3.43. The van der Waals surface area contributed by atoms with E-state index in [-0.39, 0.29) is 6.04 Å². The summed E-state index contributed by atoms with van der Waals surface area (Å²) in [6, 6.07) is 9.94. The molecular weight excluding hydrogens is 304 g/mol. The fourth-order valence-electron chi connectivity index (χ4n) is 2.61. The van der Waals surface area contributed by atoms with Gasteiger partial charge < -0.3 is 4.52 Å². The molecule has 120 valence electrons. The van der Waals surface area contributed by atoms with Crippen LogP contribution >= 0.6 is 0 Å². The van der Waals surface area contributed by atoms with Crippen molar-refractivity contribution < 1.29 is 4.52 Å². The molecule has 0 saturated carbocycles. The zero-order chi connectivity index (χ0) is 16.7. The van der Waals surface area contributed by atoms with Crippen molar-refractivity contribution in [3.05, 3.63) is 42.1 Å². The van der Waals surface area contributed by atoms with Crippen LogP contribution < -0.4 is 0 Å². The van der Waals surface area contributed by atoms with Crippen LogP contribution in [0.1, 0.15) is 25.5 Å². The largest absolute Gasteiger partial charge is 0.332 e. The fraction of sp³-hybridized carbons (Fsp3) is 0.235. The average molecular weight is 320 g/mol. The van der Waals surface area contributed by atoms with Crippen molar-refractivity contribution in [1.82, 2.24) is 30.1 Å². The third-order valence-electron chi connectivity index (χ3n) is 3.86. The molecule has 0 N–H and O–H groups in total. The van der Waals surface area contributed by atoms with Crippen molar-refractivity contribution in [2.75, 3.05) is 0 Å². The molecule has 0 aliphatic carbocycles. The third-order valence-corrected chi connectivity index (χ3v) is 3.86. The molecule has 0 saturated heterocycles. The Balaban J connectivity index is 1.75. The molecule has 24 heavy (non-hydrogen) atoms. The van der Waals surface area contributed by atoms with Gasteiger partial charge in [0, 0.05) is 17.8 Å². The van der Waals surface area contributed by atoms with Gasteiger partial charge in [0.2, 0.25) is 5.82 Å². The summed E-state index contributed by atoms with van der Waals surface area (Å²) in [5.41, 5.74) is 4.31. The van der Waals surface area contributed by atoms with E-state index in [1.54, 1.807) is 6.20 Å². The first kappa shape index (κ1) is 14.5. The van der Waals surface area contributed by atoms with Gasteiger partial charge in [0.05, 0.1) is 5.52 Å². The van der Waals surface area contributed by atoms with Crippen LogP contribution in [-0.2, 0) is 0 Å². The second-order valence-electron chi connectivity index (χ2n) is 5.92. The smallest absolute Gasteiger partial charge is 0.277 e. The molecule has 4 aromatic rings. The highest BCUT2D eigenvalue weighted by atomic mass is 16.5. The van der Waals surface area contributed by atoms with Crippen LogP contribution in [0.2, 0.25) is 0 Å². The summed E-state index contributed by atoms with van der Waals surface area (Å²) >= 11 is 0. The van der Waals surface area contributed by atoms with E-state index in [0.29, 0.717) is 17.4 Å². The van der Waals surface area contributed by atoms with Crippen LogP contribution in [0.4, 0.5) is 0 Å². The molecule has 0 radical (unpaired) electrons. The highest BCUT2D eigenvalue weighted by molar-refractivity contribution is 5.80. The normalized spacial score (nSPS) is 11.5. The van der Waals surface area contributed by atoms with Gasteiger partial charge in [0.15, 0.2) is 0 Å². The first-order chi connectivity index (χ1) is 11.6. The molecule has 0 bridgehead atoms. The number of hydrogen-bond acceptors (Lipinski definition) is 6. The SMILES string of the molecule is Cc1cccnc1-c1nc(-c2ccc3c(c2)nnn3C(C)C)no1. The first-order valence-corrected chi connectivity index (χ1v) is 7.74. The minimum absolute atomic E-state index is 0.254. The van der Waals surface area contributed by atoms with Crippen molar-refractivity contribution in [3.63, 3.8) is 0 Å². The van der Waals surface area contributed by atoms with E-state index in [2.05, 4.69) is 39.3 Å². The summed E-state index contributed by atoms with van der Waals surface area (Å²) in [5, 5.41) is 12.5. The van der Waals surface area contributed by atoms with Crippen molar-refractivity contribution in [2.24, 2.45) is 0 Å². The number of benzene rings is 1. The van der Waals surface area contributed by atoms with E-state index in [1.165, 1.54) is 0 Å². The van der Waals surface area contributed by atoms with Gasteiger partial charge in [-0.05, 0) is 50.6 Å². The highest BCUT2D eigenvalue weighted by Crippen LogP contribution is 2.25. The molecule has 0 unspecified atom stereocenters. The average Bonchev–Trinajstić information content (AvgIpc) is 3.21. The number of pyridine rings is 1. The summed E-state index contributed by atoms with van der Waals surface area (Å²) in [4.78, 5) is 8.77. The minimum Gasteiger partial charge on any atom is -0.332 e. The summed E-state index contributed by atoms with van der Waals surface area (Å²) in [6.45, 7) is 6.11. The number of aromatic nitrogens is 6. The third kappa shape index (κ3) is 2.34. The van der Waals surface area contributed by atoms with Crippen molar-refractivity contribution >= 4 is 11.0 Å². The Hall–Kier alpha value is -3.09. The summed E-state index contributed by atoms with van der Waals surface area (Å²) in [6.07, 6.45) is 1.71. The maximum atomic E-state index is 5.38.